The lowest BCUT2D eigenvalue weighted by Crippen LogP contribution is -2.23. The van der Waals surface area contributed by atoms with Crippen LogP contribution in [0.2, 0.25) is 0 Å². The largest absolute Gasteiger partial charge is 0.376 e. The van der Waals surface area contributed by atoms with Crippen LogP contribution >= 0.6 is 0 Å². The number of anilines is 3. The molecule has 0 unspecified atom stereocenters. The van der Waals surface area contributed by atoms with Gasteiger partial charge in [-0.1, -0.05) is 25.1 Å². The van der Waals surface area contributed by atoms with Crippen molar-refractivity contribution in [2.45, 2.75) is 33.6 Å². The molecule has 27 heavy (non-hydrogen) atoms. The number of para-hydroxylation sites is 1. The van der Waals surface area contributed by atoms with E-state index in [0.717, 1.165) is 23.4 Å². The van der Waals surface area contributed by atoms with Gasteiger partial charge in [-0.3, -0.25) is 14.4 Å². The molecule has 0 saturated heterocycles. The van der Waals surface area contributed by atoms with Crippen LogP contribution in [0.5, 0.6) is 0 Å². The Morgan fingerprint density at radius 2 is 1.48 bits per heavy atom. The Hall–Kier alpha value is -3.15. The molecule has 0 fully saturated rings. The predicted molar refractivity (Wildman–Crippen MR) is 108 cm³/mol. The highest BCUT2D eigenvalue weighted by Gasteiger charge is 2.11. The summed E-state index contributed by atoms with van der Waals surface area (Å²) in [6.45, 7) is 5.34. The fourth-order valence-corrected chi connectivity index (χ4v) is 2.67. The fourth-order valence-electron chi connectivity index (χ4n) is 2.67. The lowest BCUT2D eigenvalue weighted by molar-refractivity contribution is -0.116. The Labute approximate surface area is 159 Å². The zero-order chi connectivity index (χ0) is 19.8. The second-order valence-electron chi connectivity index (χ2n) is 6.28. The number of rotatable bonds is 8. The third-order valence-corrected chi connectivity index (χ3v) is 4.10. The maximum absolute atomic E-state index is 12.3. The first-order chi connectivity index (χ1) is 12.9. The Bertz CT molecular complexity index is 846. The van der Waals surface area contributed by atoms with Gasteiger partial charge in [0, 0.05) is 23.4 Å². The Kier molecular flexibility index (Phi) is 7.11. The molecule has 3 N–H and O–H groups in total. The summed E-state index contributed by atoms with van der Waals surface area (Å²) >= 11 is 0. The highest BCUT2D eigenvalue weighted by molar-refractivity contribution is 6.04. The first kappa shape index (κ1) is 20.2. The first-order valence-corrected chi connectivity index (χ1v) is 8.95. The van der Waals surface area contributed by atoms with E-state index in [4.69, 9.17) is 0 Å². The number of carbonyl (C=O) groups is 3. The average Bonchev–Trinajstić information content (AvgIpc) is 2.63. The molecule has 0 aliphatic rings. The van der Waals surface area contributed by atoms with E-state index >= 15 is 0 Å². The summed E-state index contributed by atoms with van der Waals surface area (Å²) in [5.41, 5.74) is 3.32. The highest BCUT2D eigenvalue weighted by Crippen LogP contribution is 2.23. The minimum Gasteiger partial charge on any atom is -0.376 e. The van der Waals surface area contributed by atoms with Crippen LogP contribution in [-0.2, 0) is 9.59 Å². The van der Waals surface area contributed by atoms with Crippen molar-refractivity contribution in [2.24, 2.45) is 0 Å². The van der Waals surface area contributed by atoms with E-state index in [1.165, 1.54) is 6.92 Å². The van der Waals surface area contributed by atoms with Crippen molar-refractivity contribution in [1.82, 2.24) is 0 Å². The molecule has 2 aromatic carbocycles. The van der Waals surface area contributed by atoms with Gasteiger partial charge in [-0.25, -0.2) is 0 Å². The molecule has 0 heterocycles. The summed E-state index contributed by atoms with van der Waals surface area (Å²) in [5, 5.41) is 8.71. The minimum atomic E-state index is -0.261. The van der Waals surface area contributed by atoms with Crippen LogP contribution in [-0.4, -0.2) is 24.1 Å². The maximum atomic E-state index is 12.3. The monoisotopic (exact) mass is 367 g/mol. The van der Waals surface area contributed by atoms with Gasteiger partial charge in [-0.2, -0.15) is 0 Å². The predicted octanol–water partition coefficient (Wildman–Crippen LogP) is 3.99. The second-order valence-corrected chi connectivity index (χ2v) is 6.28. The van der Waals surface area contributed by atoms with Crippen LogP contribution in [0.4, 0.5) is 17.1 Å². The van der Waals surface area contributed by atoms with E-state index in [1.54, 1.807) is 24.3 Å². The van der Waals surface area contributed by atoms with Crippen molar-refractivity contribution in [3.05, 3.63) is 53.6 Å². The smallest absolute Gasteiger partial charge is 0.243 e. The number of benzene rings is 2. The molecule has 0 bridgehead atoms. The van der Waals surface area contributed by atoms with Crippen molar-refractivity contribution >= 4 is 34.7 Å². The van der Waals surface area contributed by atoms with E-state index < -0.39 is 0 Å². The third kappa shape index (κ3) is 5.67. The topological polar surface area (TPSA) is 87.3 Å². The van der Waals surface area contributed by atoms with Gasteiger partial charge in [-0.05, 0) is 50.1 Å². The maximum Gasteiger partial charge on any atom is 0.243 e. The van der Waals surface area contributed by atoms with Crippen molar-refractivity contribution in [3.63, 3.8) is 0 Å². The summed E-state index contributed by atoms with van der Waals surface area (Å²) in [5.74, 6) is -0.398. The molecule has 6 nitrogen and oxygen atoms in total. The van der Waals surface area contributed by atoms with Gasteiger partial charge >= 0.3 is 0 Å². The van der Waals surface area contributed by atoms with Crippen LogP contribution in [0.3, 0.4) is 0 Å². The van der Waals surface area contributed by atoms with Crippen LogP contribution in [0.15, 0.2) is 42.5 Å². The number of ketones is 1. The Morgan fingerprint density at radius 1 is 0.852 bits per heavy atom. The molecule has 6 heteroatoms. The van der Waals surface area contributed by atoms with Crippen molar-refractivity contribution in [1.29, 1.82) is 0 Å². The molecule has 0 aromatic heterocycles. The van der Waals surface area contributed by atoms with Gasteiger partial charge in [0.25, 0.3) is 0 Å². The molecule has 2 aromatic rings. The molecule has 142 valence electrons. The van der Waals surface area contributed by atoms with Crippen molar-refractivity contribution in [3.8, 4) is 0 Å². The standard InChI is InChI=1S/C21H25N3O3/c1-4-8-20(26)23-18-12-7-11-17(14(18)2)22-13-21(27)24-19-10-6-5-9-16(19)15(3)25/h5-7,9-12,22H,4,8,13H2,1-3H3,(H,23,26)(H,24,27). The van der Waals surface area contributed by atoms with Gasteiger partial charge in [0.15, 0.2) is 5.78 Å². The SMILES string of the molecule is CCCC(=O)Nc1cccc(NCC(=O)Nc2ccccc2C(C)=O)c1C. The highest BCUT2D eigenvalue weighted by atomic mass is 16.2. The van der Waals surface area contributed by atoms with Crippen LogP contribution < -0.4 is 16.0 Å². The molecule has 0 saturated carbocycles. The van der Waals surface area contributed by atoms with Crippen LogP contribution in [0.1, 0.15) is 42.6 Å². The summed E-state index contributed by atoms with van der Waals surface area (Å²) < 4.78 is 0. The summed E-state index contributed by atoms with van der Waals surface area (Å²) in [6.07, 6.45) is 1.25. The zero-order valence-electron chi connectivity index (χ0n) is 15.9. The van der Waals surface area contributed by atoms with E-state index in [-0.39, 0.29) is 24.1 Å². The Balaban J connectivity index is 2.01. The molecule has 0 spiro atoms. The average molecular weight is 367 g/mol. The minimum absolute atomic E-state index is 0.0312. The van der Waals surface area contributed by atoms with Gasteiger partial charge in [0.05, 0.1) is 12.2 Å². The van der Waals surface area contributed by atoms with Crippen LogP contribution in [0.25, 0.3) is 0 Å². The number of nitrogens with one attached hydrogen (secondary N) is 3. The second kappa shape index (κ2) is 9.52. The van der Waals surface area contributed by atoms with Crippen LogP contribution in [0, 0.1) is 6.92 Å². The zero-order valence-corrected chi connectivity index (χ0v) is 15.9. The fraction of sp³-hybridized carbons (Fsp3) is 0.286. The first-order valence-electron chi connectivity index (χ1n) is 8.95. The van der Waals surface area contributed by atoms with Gasteiger partial charge in [0.2, 0.25) is 11.8 Å². The third-order valence-electron chi connectivity index (χ3n) is 4.10. The molecular formula is C21H25N3O3. The Morgan fingerprint density at radius 3 is 2.19 bits per heavy atom. The van der Waals surface area contributed by atoms with E-state index in [0.29, 0.717) is 17.7 Å². The molecule has 0 atom stereocenters. The normalized spacial score (nSPS) is 10.2. The molecule has 0 aliphatic heterocycles. The van der Waals surface area contributed by atoms with E-state index in [1.807, 2.05) is 32.0 Å². The molecule has 0 radical (unpaired) electrons. The van der Waals surface area contributed by atoms with Gasteiger partial charge in [0.1, 0.15) is 0 Å². The number of amides is 2. The van der Waals surface area contributed by atoms with E-state index in [2.05, 4.69) is 16.0 Å². The summed E-state index contributed by atoms with van der Waals surface area (Å²) in [6, 6.07) is 12.4. The molecule has 0 aliphatic carbocycles. The quantitative estimate of drug-likeness (QED) is 0.616. The molecule has 2 rings (SSSR count). The lowest BCUT2D eigenvalue weighted by atomic mass is 10.1. The van der Waals surface area contributed by atoms with Gasteiger partial charge in [-0.15, -0.1) is 0 Å². The number of Topliss-reactive ketones (excluding diaryl/α,β-unsaturated/α-hetero) is 1. The van der Waals surface area contributed by atoms with Gasteiger partial charge < -0.3 is 16.0 Å². The van der Waals surface area contributed by atoms with Crippen molar-refractivity contribution < 1.29 is 14.4 Å². The summed E-state index contributed by atoms with van der Waals surface area (Å²) in [7, 11) is 0. The molecule has 2 amide bonds. The lowest BCUT2D eigenvalue weighted by Gasteiger charge is -2.14. The summed E-state index contributed by atoms with van der Waals surface area (Å²) in [4.78, 5) is 35.7. The number of carbonyl (C=O) groups excluding carboxylic acids is 3. The number of hydrogen-bond donors (Lipinski definition) is 3. The number of hydrogen-bond acceptors (Lipinski definition) is 4. The van der Waals surface area contributed by atoms with E-state index in [9.17, 15) is 14.4 Å². The molecular weight excluding hydrogens is 342 g/mol. The van der Waals surface area contributed by atoms with Crippen molar-refractivity contribution in [2.75, 3.05) is 22.5 Å².